The summed E-state index contributed by atoms with van der Waals surface area (Å²) in [4.78, 5) is 0. The number of hydrogen-bond acceptors (Lipinski definition) is 2. The fraction of sp³-hybridized carbons (Fsp3) is 1.00. The zero-order valence-corrected chi connectivity index (χ0v) is 27.3. The molecule has 32 heavy (non-hydrogen) atoms. The maximum atomic E-state index is 6.47. The number of unbranched alkanes of at least 4 members (excludes halogenated alkanes) is 8. The molecular weight excluding hydrogens is 515 g/mol. The molecule has 4 heteroatoms. The van der Waals surface area contributed by atoms with Gasteiger partial charge in [0.1, 0.15) is 0 Å². The summed E-state index contributed by atoms with van der Waals surface area (Å²) >= 11 is -2.12. The third kappa shape index (κ3) is 11.1. The Kier molecular flexibility index (Phi) is 15.3. The van der Waals surface area contributed by atoms with E-state index in [-0.39, 0.29) is 0 Å². The minimum atomic E-state index is -2.12. The molecular formula is C28H60O2SiSn. The van der Waals surface area contributed by atoms with Crippen LogP contribution in [0.2, 0.25) is 31.4 Å². The van der Waals surface area contributed by atoms with E-state index in [1.165, 1.54) is 83.5 Å². The van der Waals surface area contributed by atoms with Crippen LogP contribution in [0.5, 0.6) is 0 Å². The predicted octanol–water partition coefficient (Wildman–Crippen LogP) is 9.89. The van der Waals surface area contributed by atoms with Gasteiger partial charge in [-0.3, -0.25) is 0 Å². The van der Waals surface area contributed by atoms with E-state index in [0.717, 1.165) is 10.7 Å². The first-order valence-corrected chi connectivity index (χ1v) is 25.0. The molecule has 0 spiro atoms. The van der Waals surface area contributed by atoms with Crippen molar-refractivity contribution >= 4 is 26.7 Å². The quantitative estimate of drug-likeness (QED) is 0.0819. The number of ether oxygens (including phenoxy) is 1. The van der Waals surface area contributed by atoms with E-state index in [4.69, 9.17) is 9.16 Å². The number of hydrogen-bond donors (Lipinski definition) is 0. The molecule has 2 nitrogen and oxygen atoms in total. The van der Waals surface area contributed by atoms with Crippen LogP contribution < -0.4 is 0 Å². The van der Waals surface area contributed by atoms with Crippen LogP contribution in [0.1, 0.15) is 125 Å². The smallest absolute Gasteiger partial charge is 0.0604 e. The Bertz CT molecular complexity index is 453. The average molecular weight is 576 g/mol. The van der Waals surface area contributed by atoms with Gasteiger partial charge in [-0.1, -0.05) is 20.8 Å². The molecule has 0 aromatic heterocycles. The molecule has 1 fully saturated rings. The van der Waals surface area contributed by atoms with Gasteiger partial charge in [0.2, 0.25) is 0 Å². The first-order valence-electron chi connectivity index (χ1n) is 14.4. The van der Waals surface area contributed by atoms with Crippen LogP contribution in [0.3, 0.4) is 0 Å². The Morgan fingerprint density at radius 2 is 1.19 bits per heavy atom. The second-order valence-electron chi connectivity index (χ2n) is 12.3. The molecule has 0 aromatic carbocycles. The zero-order chi connectivity index (χ0) is 24.1. The summed E-state index contributed by atoms with van der Waals surface area (Å²) in [5.41, 5.74) is 0. The summed E-state index contributed by atoms with van der Waals surface area (Å²) in [7, 11) is -1.55. The van der Waals surface area contributed by atoms with Crippen LogP contribution in [0, 0.1) is 0 Å². The van der Waals surface area contributed by atoms with Gasteiger partial charge in [-0.15, -0.1) is 0 Å². The van der Waals surface area contributed by atoms with Crippen molar-refractivity contribution in [3.05, 3.63) is 0 Å². The standard InChI is InChI=1S/C16H33O2Si.3C4H9.Sn/c1-16(2,3)19(4,5)18-13-11-9-7-6-8-10-12-15-14-17-15;3*1-3-4-2;/h14-15H,6-13H2,1-5H3;3*1,3-4H2,2H3;/t15-;;;;/m0..../s1. The molecule has 1 aliphatic heterocycles. The molecule has 0 bridgehead atoms. The van der Waals surface area contributed by atoms with E-state index in [2.05, 4.69) is 54.6 Å². The van der Waals surface area contributed by atoms with E-state index in [1.807, 2.05) is 0 Å². The molecule has 2 atom stereocenters. The third-order valence-corrected chi connectivity index (χ3v) is 29.4. The Morgan fingerprint density at radius 3 is 1.66 bits per heavy atom. The van der Waals surface area contributed by atoms with Gasteiger partial charge in [0.15, 0.2) is 0 Å². The van der Waals surface area contributed by atoms with Crippen molar-refractivity contribution in [2.45, 2.75) is 167 Å². The van der Waals surface area contributed by atoms with Gasteiger partial charge in [-0.05, 0) is 18.1 Å². The second-order valence-corrected chi connectivity index (χ2v) is 30.8. The Balaban J connectivity index is 2.24. The van der Waals surface area contributed by atoms with Gasteiger partial charge in [0.05, 0.1) is 0 Å². The van der Waals surface area contributed by atoms with Crippen LogP contribution in [-0.2, 0) is 9.16 Å². The van der Waals surface area contributed by atoms with E-state index >= 15 is 0 Å². The molecule has 192 valence electrons. The molecule has 0 N–H and O–H groups in total. The molecule has 0 unspecified atom stereocenters. The molecule has 0 amide bonds. The molecule has 0 radical (unpaired) electrons. The van der Waals surface area contributed by atoms with E-state index in [1.54, 1.807) is 13.3 Å². The van der Waals surface area contributed by atoms with Gasteiger partial charge in [-0.25, -0.2) is 0 Å². The van der Waals surface area contributed by atoms with Crippen molar-refractivity contribution in [3.63, 3.8) is 0 Å². The zero-order valence-electron chi connectivity index (χ0n) is 23.5. The van der Waals surface area contributed by atoms with E-state index < -0.39 is 26.7 Å². The third-order valence-electron chi connectivity index (χ3n) is 8.42. The summed E-state index contributed by atoms with van der Waals surface area (Å²) in [6, 6.07) is 0. The van der Waals surface area contributed by atoms with E-state index in [0.29, 0.717) is 11.1 Å². The molecule has 0 aromatic rings. The summed E-state index contributed by atoms with van der Waals surface area (Å²) in [5, 5.41) is 0.335. The van der Waals surface area contributed by atoms with Crippen LogP contribution in [0.4, 0.5) is 0 Å². The van der Waals surface area contributed by atoms with Gasteiger partial charge < -0.3 is 0 Å². The van der Waals surface area contributed by atoms with Gasteiger partial charge in [-0.2, -0.15) is 0 Å². The first kappa shape index (κ1) is 31.0. The van der Waals surface area contributed by atoms with Crippen molar-refractivity contribution in [1.82, 2.24) is 0 Å². The molecule has 1 aliphatic rings. The predicted molar refractivity (Wildman–Crippen MR) is 149 cm³/mol. The van der Waals surface area contributed by atoms with Gasteiger partial charge in [0.25, 0.3) is 0 Å². The monoisotopic (exact) mass is 576 g/mol. The second kappa shape index (κ2) is 15.8. The minimum absolute atomic E-state index is 0.335. The van der Waals surface area contributed by atoms with Crippen LogP contribution in [-0.4, -0.2) is 43.5 Å². The summed E-state index contributed by atoms with van der Waals surface area (Å²) < 4.78 is 18.4. The van der Waals surface area contributed by atoms with E-state index in [9.17, 15) is 0 Å². The van der Waals surface area contributed by atoms with Crippen molar-refractivity contribution in [2.75, 3.05) is 6.61 Å². The van der Waals surface area contributed by atoms with Crippen LogP contribution in [0.15, 0.2) is 0 Å². The van der Waals surface area contributed by atoms with Crippen molar-refractivity contribution < 1.29 is 9.16 Å². The van der Waals surface area contributed by atoms with Crippen LogP contribution in [0.25, 0.3) is 0 Å². The summed E-state index contributed by atoms with van der Waals surface area (Å²) in [6.07, 6.45) is 18.7. The van der Waals surface area contributed by atoms with Crippen molar-refractivity contribution in [3.8, 4) is 0 Å². The van der Waals surface area contributed by atoms with Gasteiger partial charge >= 0.3 is 170 Å². The Hall–Kier alpha value is 0.936. The average Bonchev–Trinajstić information content (AvgIpc) is 3.51. The van der Waals surface area contributed by atoms with Crippen LogP contribution >= 0.6 is 0 Å². The molecule has 0 aliphatic carbocycles. The van der Waals surface area contributed by atoms with Crippen molar-refractivity contribution in [1.29, 1.82) is 0 Å². The first-order chi connectivity index (χ1) is 15.1. The van der Waals surface area contributed by atoms with Crippen molar-refractivity contribution in [2.24, 2.45) is 0 Å². The van der Waals surface area contributed by atoms with Gasteiger partial charge in [0, 0.05) is 0 Å². The Labute approximate surface area is 208 Å². The SMILES string of the molecule is CCC[CH2][Sn]([CH2]CCC)([CH2]CCC)[C@@H]1O[C@H]1CCCCCCCCO[Si](C)(C)C(C)(C)C. The minimum Gasteiger partial charge on any atom is -0.0604 e. The molecule has 1 rings (SSSR count). The number of epoxide rings is 1. The molecule has 0 saturated carbocycles. The number of rotatable bonds is 20. The fourth-order valence-electron chi connectivity index (χ4n) is 4.99. The molecule has 1 saturated heterocycles. The summed E-state index contributed by atoms with van der Waals surface area (Å²) in [6.45, 7) is 19.8. The molecule has 1 heterocycles. The Morgan fingerprint density at radius 1 is 0.719 bits per heavy atom. The summed E-state index contributed by atoms with van der Waals surface area (Å²) in [5.74, 6) is 0. The normalized spacial score (nSPS) is 19.5. The maximum absolute atomic E-state index is 6.47. The fourth-order valence-corrected chi connectivity index (χ4v) is 23.8. The topological polar surface area (TPSA) is 21.8 Å².